The van der Waals surface area contributed by atoms with Crippen LogP contribution in [0.2, 0.25) is 0 Å². The van der Waals surface area contributed by atoms with Gasteiger partial charge in [0.15, 0.2) is 0 Å². The van der Waals surface area contributed by atoms with Gasteiger partial charge >= 0.3 is 21.5 Å². The van der Waals surface area contributed by atoms with E-state index < -0.39 is 46.9 Å². The van der Waals surface area contributed by atoms with E-state index in [0.717, 1.165) is 13.8 Å². The van der Waals surface area contributed by atoms with Crippen molar-refractivity contribution in [1.29, 1.82) is 0 Å². The summed E-state index contributed by atoms with van der Waals surface area (Å²) in [6.07, 6.45) is 0.406. The number of cyclic esters (lactones) is 1. The Labute approximate surface area is 118 Å². The molecule has 0 amide bonds. The van der Waals surface area contributed by atoms with Crippen molar-refractivity contribution in [2.45, 2.75) is 25.1 Å². The molecule has 0 aromatic heterocycles. The average Bonchev–Trinajstić information content (AvgIpc) is 2.07. The maximum atomic E-state index is 12.6. The highest BCUT2D eigenvalue weighted by molar-refractivity contribution is 8.04. The molecule has 0 aromatic rings. The van der Waals surface area contributed by atoms with Crippen molar-refractivity contribution in [3.05, 3.63) is 12.0 Å². The van der Waals surface area contributed by atoms with Gasteiger partial charge < -0.3 is 9.47 Å². The summed E-state index contributed by atoms with van der Waals surface area (Å²) in [5.41, 5.74) is -5.91. The summed E-state index contributed by atoms with van der Waals surface area (Å²) in [5.74, 6) is -4.42. The van der Waals surface area contributed by atoms with E-state index in [1.54, 1.807) is 0 Å². The predicted octanol–water partition coefficient (Wildman–Crippen LogP) is 0.249. The van der Waals surface area contributed by atoms with Crippen molar-refractivity contribution in [3.8, 4) is 0 Å². The summed E-state index contributed by atoms with van der Waals surface area (Å²) in [5, 5.41) is 0. The highest BCUT2D eigenvalue weighted by Gasteiger charge is 2.56. The Hall–Kier alpha value is -1.50. The first-order chi connectivity index (χ1) is 9.08. The monoisotopic (exact) mass is 353 g/mol. The van der Waals surface area contributed by atoms with Gasteiger partial charge in [-0.25, -0.2) is 13.2 Å². The molecule has 0 unspecified atom stereocenters. The molecule has 0 radical (unpaired) electrons. The first kappa shape index (κ1) is 17.6. The van der Waals surface area contributed by atoms with Crippen LogP contribution in [0.4, 0.5) is 13.2 Å². The zero-order valence-corrected chi connectivity index (χ0v) is 12.5. The second kappa shape index (κ2) is 4.76. The largest absolute Gasteiger partial charge is 0.517 e. The number of hydrogen-bond donors (Lipinski definition) is 0. The van der Waals surface area contributed by atoms with E-state index in [9.17, 15) is 34.8 Å². The highest BCUT2D eigenvalue weighted by atomic mass is 32.3. The van der Waals surface area contributed by atoms with Crippen LogP contribution in [0, 0.1) is 0 Å². The fraction of sp³-hybridized carbons (Fsp3) is 0.625. The molecule has 0 bridgehead atoms. The van der Waals surface area contributed by atoms with E-state index in [1.807, 2.05) is 0 Å². The molecule has 122 valence electrons. The number of alkyl halides is 3. The maximum Gasteiger partial charge on any atom is 0.517 e. The van der Waals surface area contributed by atoms with Gasteiger partial charge in [-0.3, -0.25) is 0 Å². The van der Waals surface area contributed by atoms with Crippen molar-refractivity contribution in [3.63, 3.8) is 0 Å². The fourth-order valence-electron chi connectivity index (χ4n) is 1.32. The number of sulfonamides is 2. The molecule has 21 heavy (non-hydrogen) atoms. The molecule has 1 heterocycles. The Balaban J connectivity index is 3.54. The SMILES string of the molecule is CC1(C)OC(=O)C=C(N(S(C)(=O)=O)S(=O)(=O)C(F)(F)F)O1. The van der Waals surface area contributed by atoms with Crippen molar-refractivity contribution < 1.29 is 44.3 Å². The van der Waals surface area contributed by atoms with E-state index >= 15 is 0 Å². The molecule has 1 aliphatic heterocycles. The number of rotatable bonds is 3. The van der Waals surface area contributed by atoms with Gasteiger partial charge in [-0.15, -0.1) is 3.71 Å². The summed E-state index contributed by atoms with van der Waals surface area (Å²) in [6, 6.07) is 0. The second-order valence-corrected chi connectivity index (χ2v) is 8.16. The Morgan fingerprint density at radius 3 is 1.95 bits per heavy atom. The molecule has 0 atom stereocenters. The molecule has 0 spiro atoms. The number of halogens is 3. The zero-order chi connectivity index (χ0) is 16.9. The standard InChI is InChI=1S/C8H10F3NO7S2/c1-7(2)18-5(4-6(13)19-7)12(20(3,14)15)21(16,17)8(9,10)11/h4H,1-3H3. The van der Waals surface area contributed by atoms with Crippen LogP contribution < -0.4 is 0 Å². The molecule has 0 N–H and O–H groups in total. The summed E-state index contributed by atoms with van der Waals surface area (Å²) in [4.78, 5) is 11.2. The lowest BCUT2D eigenvalue weighted by atomic mass is 10.3. The van der Waals surface area contributed by atoms with E-state index in [0.29, 0.717) is 0 Å². The zero-order valence-electron chi connectivity index (χ0n) is 10.8. The molecule has 1 rings (SSSR count). The van der Waals surface area contributed by atoms with Crippen LogP contribution in [0.5, 0.6) is 0 Å². The lowest BCUT2D eigenvalue weighted by Gasteiger charge is -2.34. The average molecular weight is 353 g/mol. The van der Waals surface area contributed by atoms with Crippen LogP contribution >= 0.6 is 0 Å². The van der Waals surface area contributed by atoms with Gasteiger partial charge in [-0.05, 0) is 0 Å². The fourth-order valence-corrected chi connectivity index (χ4v) is 3.93. The first-order valence-electron chi connectivity index (χ1n) is 5.03. The Bertz CT molecular complexity index is 690. The van der Waals surface area contributed by atoms with Gasteiger partial charge in [0.2, 0.25) is 15.9 Å². The van der Waals surface area contributed by atoms with E-state index in [2.05, 4.69) is 4.74 Å². The lowest BCUT2D eigenvalue weighted by molar-refractivity contribution is -0.209. The minimum atomic E-state index is -6.33. The highest BCUT2D eigenvalue weighted by Crippen LogP contribution is 2.34. The van der Waals surface area contributed by atoms with Crippen molar-refractivity contribution >= 4 is 26.0 Å². The number of hydrogen-bond acceptors (Lipinski definition) is 7. The molecule has 1 aliphatic rings. The van der Waals surface area contributed by atoms with Crippen LogP contribution in [-0.2, 0) is 34.3 Å². The molecule has 0 fully saturated rings. The van der Waals surface area contributed by atoms with Gasteiger partial charge in [-0.2, -0.15) is 21.6 Å². The van der Waals surface area contributed by atoms with E-state index in [-0.39, 0.29) is 12.3 Å². The van der Waals surface area contributed by atoms with Gasteiger partial charge in [0, 0.05) is 13.8 Å². The molecule has 8 nitrogen and oxygen atoms in total. The molecule has 0 saturated carbocycles. The number of esters is 1. The molecule has 0 aliphatic carbocycles. The van der Waals surface area contributed by atoms with Crippen molar-refractivity contribution in [1.82, 2.24) is 3.71 Å². The van der Waals surface area contributed by atoms with E-state index in [1.165, 1.54) is 0 Å². The molecular weight excluding hydrogens is 343 g/mol. The normalized spacial score (nSPS) is 19.3. The van der Waals surface area contributed by atoms with Crippen LogP contribution in [0.3, 0.4) is 0 Å². The third-order valence-electron chi connectivity index (χ3n) is 1.93. The Kier molecular flexibility index (Phi) is 3.98. The van der Waals surface area contributed by atoms with Crippen LogP contribution in [0.1, 0.15) is 13.8 Å². The van der Waals surface area contributed by atoms with Gasteiger partial charge in [-0.1, -0.05) is 0 Å². The predicted molar refractivity (Wildman–Crippen MR) is 61.0 cm³/mol. The summed E-state index contributed by atoms with van der Waals surface area (Å²) < 4.78 is 91.5. The number of carbonyl (C=O) groups excluding carboxylic acids is 1. The van der Waals surface area contributed by atoms with Crippen molar-refractivity contribution in [2.24, 2.45) is 0 Å². The lowest BCUT2D eigenvalue weighted by Crippen LogP contribution is -2.47. The summed E-state index contributed by atoms with van der Waals surface area (Å²) in [6.45, 7) is 2.16. The number of nitrogens with zero attached hydrogens (tertiary/aromatic N) is 1. The first-order valence-corrected chi connectivity index (χ1v) is 8.32. The second-order valence-electron chi connectivity index (χ2n) is 4.32. The minimum absolute atomic E-state index is 0.190. The molecular formula is C8H10F3NO7S2. The maximum absolute atomic E-state index is 12.6. The number of carbonyl (C=O) groups is 1. The quantitative estimate of drug-likeness (QED) is 0.669. The van der Waals surface area contributed by atoms with Crippen LogP contribution in [0.15, 0.2) is 12.0 Å². The third kappa shape index (κ3) is 3.58. The molecule has 13 heteroatoms. The summed E-state index contributed by atoms with van der Waals surface area (Å²) in [7, 11) is -11.3. The molecule has 0 saturated heterocycles. The third-order valence-corrected chi connectivity index (χ3v) is 5.32. The Morgan fingerprint density at radius 2 is 1.62 bits per heavy atom. The minimum Gasteiger partial charge on any atom is -0.435 e. The van der Waals surface area contributed by atoms with Gasteiger partial charge in [0.05, 0.1) is 12.3 Å². The molecule has 0 aromatic carbocycles. The van der Waals surface area contributed by atoms with Gasteiger partial charge in [0.1, 0.15) is 0 Å². The van der Waals surface area contributed by atoms with Crippen molar-refractivity contribution in [2.75, 3.05) is 6.26 Å². The number of ether oxygens (including phenoxy) is 2. The van der Waals surface area contributed by atoms with Crippen LogP contribution in [0.25, 0.3) is 0 Å². The Morgan fingerprint density at radius 1 is 1.14 bits per heavy atom. The van der Waals surface area contributed by atoms with E-state index in [4.69, 9.17) is 4.74 Å². The topological polar surface area (TPSA) is 107 Å². The summed E-state index contributed by atoms with van der Waals surface area (Å²) >= 11 is 0. The smallest absolute Gasteiger partial charge is 0.435 e. The van der Waals surface area contributed by atoms with Crippen LogP contribution in [-0.4, -0.2) is 44.1 Å². The van der Waals surface area contributed by atoms with Gasteiger partial charge in [0.25, 0.3) is 5.79 Å².